The molecule has 1 atom stereocenters. The number of nitrogens with one attached hydrogen (secondary N) is 2. The van der Waals surface area contributed by atoms with E-state index < -0.39 is 17.5 Å². The molecule has 0 fully saturated rings. The lowest BCUT2D eigenvalue weighted by Gasteiger charge is -2.21. The maximum atomic E-state index is 13.6. The van der Waals surface area contributed by atoms with Gasteiger partial charge in [0.2, 0.25) is 5.91 Å². The van der Waals surface area contributed by atoms with E-state index >= 15 is 0 Å². The number of rotatable bonds is 13. The Bertz CT molecular complexity index is 1730. The molecule has 2 amide bonds. The Morgan fingerprint density at radius 1 is 1.09 bits per heavy atom. The van der Waals surface area contributed by atoms with Gasteiger partial charge < -0.3 is 24.8 Å². The Balaban J connectivity index is 1.65. The van der Waals surface area contributed by atoms with Gasteiger partial charge in [-0.3, -0.25) is 19.0 Å². The number of hydrogen-bond donors (Lipinski definition) is 2. The number of nitrogens with zero attached hydrogens (tertiary/aromatic N) is 4. The molecule has 1 unspecified atom stereocenters. The second-order valence-corrected chi connectivity index (χ2v) is 9.93. The van der Waals surface area contributed by atoms with Crippen LogP contribution in [-0.4, -0.2) is 67.1 Å². The topological polar surface area (TPSA) is 149 Å². The number of pyridine rings is 2. The minimum atomic E-state index is -0.977. The van der Waals surface area contributed by atoms with Crippen molar-refractivity contribution in [2.45, 2.75) is 18.9 Å². The first-order valence-electron chi connectivity index (χ1n) is 13.4. The zero-order chi connectivity index (χ0) is 30.9. The average molecular weight is 607 g/mol. The molecule has 4 aromatic rings. The Labute approximate surface area is 252 Å². The van der Waals surface area contributed by atoms with Crippen molar-refractivity contribution in [1.82, 2.24) is 19.5 Å². The maximum absolute atomic E-state index is 13.6. The number of fused-ring (bicyclic) bond motifs is 1. The largest absolute Gasteiger partial charge is 0.495 e. The molecule has 43 heavy (non-hydrogen) atoms. The standard InChI is InChI=1S/C30H31ClN6O6/c1-41-11-4-9-33-29(39)24-17-34-37-10-7-21(14-26(24)37)35-30(40)25(8-12-42-2)36-18-27(43-3)23(15-28(36)38)22-13-20(31)6-5-19(22)16-32/h5-7,10,13-15,17-18,25H,4,8-9,11-12H2,1-3H3,(H,33,39)(H,35,40). The molecule has 0 aliphatic carbocycles. The molecule has 224 valence electrons. The third kappa shape index (κ3) is 7.21. The lowest BCUT2D eigenvalue weighted by Crippen LogP contribution is -2.34. The van der Waals surface area contributed by atoms with Crippen molar-refractivity contribution in [1.29, 1.82) is 5.26 Å². The summed E-state index contributed by atoms with van der Waals surface area (Å²) in [6, 6.07) is 10.4. The SMILES string of the molecule is COCCCNC(=O)c1cnn2ccc(NC(=O)C(CCOC)n3cc(OC)c(-c4cc(Cl)ccc4C#N)cc3=O)cc12. The van der Waals surface area contributed by atoms with E-state index in [1.54, 1.807) is 43.6 Å². The molecular formula is C30H31ClN6O6. The summed E-state index contributed by atoms with van der Waals surface area (Å²) in [6.45, 7) is 1.15. The first-order chi connectivity index (χ1) is 20.8. The monoisotopic (exact) mass is 606 g/mol. The highest BCUT2D eigenvalue weighted by Crippen LogP contribution is 2.33. The van der Waals surface area contributed by atoms with Gasteiger partial charge in [-0.2, -0.15) is 10.4 Å². The molecule has 3 heterocycles. The minimum Gasteiger partial charge on any atom is -0.495 e. The van der Waals surface area contributed by atoms with Gasteiger partial charge in [-0.25, -0.2) is 4.52 Å². The number of ether oxygens (including phenoxy) is 3. The van der Waals surface area contributed by atoms with Crippen LogP contribution in [0.5, 0.6) is 5.75 Å². The van der Waals surface area contributed by atoms with Crippen LogP contribution in [0.15, 0.2) is 59.8 Å². The quantitative estimate of drug-likeness (QED) is 0.219. The van der Waals surface area contributed by atoms with Crippen molar-refractivity contribution in [3.8, 4) is 22.9 Å². The Kier molecular flexibility index (Phi) is 10.5. The molecule has 13 heteroatoms. The van der Waals surface area contributed by atoms with E-state index in [1.807, 2.05) is 0 Å². The zero-order valence-corrected chi connectivity index (χ0v) is 24.7. The molecule has 1 aromatic carbocycles. The van der Waals surface area contributed by atoms with Crippen LogP contribution in [0.2, 0.25) is 5.02 Å². The first kappa shape index (κ1) is 31.2. The lowest BCUT2D eigenvalue weighted by atomic mass is 10.00. The number of methoxy groups -OCH3 is 3. The summed E-state index contributed by atoms with van der Waals surface area (Å²) in [5, 5.41) is 19.9. The number of halogens is 1. The summed E-state index contributed by atoms with van der Waals surface area (Å²) in [5.74, 6) is -0.509. The van der Waals surface area contributed by atoms with Gasteiger partial charge in [0.1, 0.15) is 11.8 Å². The van der Waals surface area contributed by atoms with Crippen LogP contribution in [0.3, 0.4) is 0 Å². The normalized spacial score (nSPS) is 11.6. The third-order valence-electron chi connectivity index (χ3n) is 6.73. The summed E-state index contributed by atoms with van der Waals surface area (Å²) in [6.07, 6.45) is 5.36. The number of anilines is 1. The molecule has 0 aliphatic rings. The highest BCUT2D eigenvalue weighted by Gasteiger charge is 2.25. The summed E-state index contributed by atoms with van der Waals surface area (Å²) < 4.78 is 18.6. The molecule has 0 aliphatic heterocycles. The van der Waals surface area contributed by atoms with Gasteiger partial charge in [-0.05, 0) is 36.8 Å². The Hall–Kier alpha value is -4.70. The molecule has 0 saturated carbocycles. The van der Waals surface area contributed by atoms with E-state index in [2.05, 4.69) is 21.8 Å². The van der Waals surface area contributed by atoms with Gasteiger partial charge in [0.15, 0.2) is 0 Å². The number of benzene rings is 1. The van der Waals surface area contributed by atoms with E-state index in [9.17, 15) is 19.6 Å². The van der Waals surface area contributed by atoms with Crippen LogP contribution < -0.4 is 20.9 Å². The fourth-order valence-corrected chi connectivity index (χ4v) is 4.75. The summed E-state index contributed by atoms with van der Waals surface area (Å²) in [5.41, 5.74) is 1.87. The molecule has 0 saturated heterocycles. The van der Waals surface area contributed by atoms with E-state index in [4.69, 9.17) is 25.8 Å². The number of amides is 2. The van der Waals surface area contributed by atoms with Crippen molar-refractivity contribution in [3.05, 3.63) is 81.5 Å². The molecule has 0 radical (unpaired) electrons. The van der Waals surface area contributed by atoms with Crippen LogP contribution in [0.25, 0.3) is 16.6 Å². The number of nitriles is 1. The predicted octanol–water partition coefficient (Wildman–Crippen LogP) is 3.68. The fraction of sp³-hybridized carbons (Fsp3) is 0.300. The molecule has 2 N–H and O–H groups in total. The summed E-state index contributed by atoms with van der Waals surface area (Å²) in [4.78, 5) is 39.8. The molecule has 4 rings (SSSR count). The van der Waals surface area contributed by atoms with Gasteiger partial charge in [-0.1, -0.05) is 11.6 Å². The molecule has 12 nitrogen and oxygen atoms in total. The van der Waals surface area contributed by atoms with Gasteiger partial charge in [0, 0.05) is 74.5 Å². The molecule has 0 bridgehead atoms. The van der Waals surface area contributed by atoms with Crippen molar-refractivity contribution in [3.63, 3.8) is 0 Å². The number of aromatic nitrogens is 3. The third-order valence-corrected chi connectivity index (χ3v) is 6.97. The molecular weight excluding hydrogens is 576 g/mol. The number of hydrogen-bond acceptors (Lipinski definition) is 8. The minimum absolute atomic E-state index is 0.176. The van der Waals surface area contributed by atoms with E-state index in [0.717, 1.165) is 0 Å². The van der Waals surface area contributed by atoms with Crippen LogP contribution in [0, 0.1) is 11.3 Å². The van der Waals surface area contributed by atoms with Crippen LogP contribution >= 0.6 is 11.6 Å². The molecule has 0 spiro atoms. The highest BCUT2D eigenvalue weighted by molar-refractivity contribution is 6.31. The van der Waals surface area contributed by atoms with E-state index in [1.165, 1.54) is 41.8 Å². The van der Waals surface area contributed by atoms with Crippen molar-refractivity contribution >= 4 is 34.6 Å². The maximum Gasteiger partial charge on any atom is 0.255 e. The van der Waals surface area contributed by atoms with Crippen molar-refractivity contribution in [2.75, 3.05) is 46.4 Å². The van der Waals surface area contributed by atoms with E-state index in [-0.39, 0.29) is 24.7 Å². The van der Waals surface area contributed by atoms with Gasteiger partial charge in [0.25, 0.3) is 11.5 Å². The molecule has 3 aromatic heterocycles. The fourth-order valence-electron chi connectivity index (χ4n) is 4.58. The van der Waals surface area contributed by atoms with Crippen LogP contribution in [0.4, 0.5) is 5.69 Å². The van der Waals surface area contributed by atoms with Gasteiger partial charge in [0.05, 0.1) is 42.2 Å². The average Bonchev–Trinajstić information content (AvgIpc) is 3.43. The zero-order valence-electron chi connectivity index (χ0n) is 23.9. The second-order valence-electron chi connectivity index (χ2n) is 9.49. The first-order valence-corrected chi connectivity index (χ1v) is 13.7. The van der Waals surface area contributed by atoms with Gasteiger partial charge >= 0.3 is 0 Å². The number of carbonyl (C=O) groups excluding carboxylic acids is 2. The highest BCUT2D eigenvalue weighted by atomic mass is 35.5. The van der Waals surface area contributed by atoms with Gasteiger partial charge in [-0.15, -0.1) is 0 Å². The number of carbonyl (C=O) groups is 2. The van der Waals surface area contributed by atoms with Crippen molar-refractivity contribution in [2.24, 2.45) is 0 Å². The Morgan fingerprint density at radius 2 is 1.88 bits per heavy atom. The second kappa shape index (κ2) is 14.5. The predicted molar refractivity (Wildman–Crippen MR) is 161 cm³/mol. The van der Waals surface area contributed by atoms with E-state index in [0.29, 0.717) is 58.1 Å². The van der Waals surface area contributed by atoms with Crippen LogP contribution in [-0.2, 0) is 14.3 Å². The summed E-state index contributed by atoms with van der Waals surface area (Å²) in [7, 11) is 4.52. The smallest absolute Gasteiger partial charge is 0.255 e. The summed E-state index contributed by atoms with van der Waals surface area (Å²) >= 11 is 6.17. The van der Waals surface area contributed by atoms with Crippen LogP contribution in [0.1, 0.15) is 34.8 Å². The van der Waals surface area contributed by atoms with Crippen molar-refractivity contribution < 1.29 is 23.8 Å². The lowest BCUT2D eigenvalue weighted by molar-refractivity contribution is -0.119. The Morgan fingerprint density at radius 3 is 2.60 bits per heavy atom.